The molecule has 0 aliphatic carbocycles. The maximum absolute atomic E-state index is 12.9. The number of esters is 3. The number of unbranched alkanes of at least 4 members (excludes halogenated alkanes) is 31. The highest BCUT2D eigenvalue weighted by atomic mass is 16.6. The van der Waals surface area contributed by atoms with Crippen molar-refractivity contribution in [1.29, 1.82) is 0 Å². The van der Waals surface area contributed by atoms with E-state index in [0.717, 1.165) is 103 Å². The van der Waals surface area contributed by atoms with E-state index in [2.05, 4.69) is 130 Å². The lowest BCUT2D eigenvalue weighted by molar-refractivity contribution is -0.167. The summed E-state index contributed by atoms with van der Waals surface area (Å²) in [4.78, 5) is 38.2. The van der Waals surface area contributed by atoms with Gasteiger partial charge in [0.15, 0.2) is 6.10 Å². The lowest BCUT2D eigenvalue weighted by Gasteiger charge is -2.18. The number of carbonyl (C=O) groups excluding carboxylic acids is 3. The van der Waals surface area contributed by atoms with Crippen LogP contribution >= 0.6 is 0 Å². The lowest BCUT2D eigenvalue weighted by atomic mass is 10.0. The highest BCUT2D eigenvalue weighted by molar-refractivity contribution is 5.71. The summed E-state index contributed by atoms with van der Waals surface area (Å²) in [6.45, 7) is 6.50. The minimum atomic E-state index is -0.800. The Morgan fingerprint density at radius 3 is 0.772 bits per heavy atom. The van der Waals surface area contributed by atoms with Gasteiger partial charge in [-0.15, -0.1) is 0 Å². The maximum atomic E-state index is 12.9. The van der Waals surface area contributed by atoms with Crippen molar-refractivity contribution in [3.8, 4) is 0 Å². The van der Waals surface area contributed by atoms with Gasteiger partial charge in [0.1, 0.15) is 13.2 Å². The van der Waals surface area contributed by atoms with Crippen LogP contribution in [0.4, 0.5) is 0 Å². The normalized spacial score (nSPS) is 12.8. The molecule has 0 rings (SSSR count). The summed E-state index contributed by atoms with van der Waals surface area (Å²) in [7, 11) is 0. The number of rotatable bonds is 60. The molecule has 0 aromatic carbocycles. The molecule has 0 aromatic heterocycles. The van der Waals surface area contributed by atoms with Crippen LogP contribution in [0, 0.1) is 0 Å². The van der Waals surface area contributed by atoms with E-state index in [1.807, 2.05) is 0 Å². The first-order valence-corrected chi connectivity index (χ1v) is 33.4. The summed E-state index contributed by atoms with van der Waals surface area (Å²) >= 11 is 0. The lowest BCUT2D eigenvalue weighted by Crippen LogP contribution is -2.30. The molecule has 0 bridgehead atoms. The molecule has 1 atom stereocenters. The van der Waals surface area contributed by atoms with Gasteiger partial charge in [0.2, 0.25) is 0 Å². The van der Waals surface area contributed by atoms with Crippen molar-refractivity contribution in [1.82, 2.24) is 0 Å². The Bertz CT molecular complexity index is 1590. The first-order chi connectivity index (χ1) is 39.0. The average Bonchev–Trinajstić information content (AvgIpc) is 3.45. The smallest absolute Gasteiger partial charge is 0.306 e. The summed E-state index contributed by atoms with van der Waals surface area (Å²) in [5.74, 6) is -0.945. The van der Waals surface area contributed by atoms with Crippen molar-refractivity contribution < 1.29 is 28.6 Å². The second-order valence-electron chi connectivity index (χ2n) is 22.0. The molecular weight excluding hydrogens is 973 g/mol. The summed E-state index contributed by atoms with van der Waals surface area (Å²) in [6, 6.07) is 0. The first kappa shape index (κ1) is 75.1. The largest absolute Gasteiger partial charge is 0.462 e. The zero-order valence-corrected chi connectivity index (χ0v) is 51.9. The van der Waals surface area contributed by atoms with E-state index in [4.69, 9.17) is 14.2 Å². The average molecular weight is 1100 g/mol. The Balaban J connectivity index is 4.34. The van der Waals surface area contributed by atoms with Crippen LogP contribution in [0.2, 0.25) is 0 Å². The van der Waals surface area contributed by atoms with Crippen molar-refractivity contribution >= 4 is 17.9 Å². The van der Waals surface area contributed by atoms with Gasteiger partial charge < -0.3 is 14.2 Å². The van der Waals surface area contributed by atoms with Crippen LogP contribution < -0.4 is 0 Å². The number of carbonyl (C=O) groups is 3. The summed E-state index contributed by atoms with van der Waals surface area (Å²) in [5.41, 5.74) is 0. The van der Waals surface area contributed by atoms with E-state index < -0.39 is 6.10 Å². The number of hydrogen-bond donors (Lipinski definition) is 0. The monoisotopic (exact) mass is 1100 g/mol. The molecule has 0 heterocycles. The molecule has 0 spiro atoms. The summed E-state index contributed by atoms with van der Waals surface area (Å²) < 4.78 is 16.9. The predicted molar refractivity (Wildman–Crippen MR) is 343 cm³/mol. The Morgan fingerprint density at radius 2 is 0.494 bits per heavy atom. The summed E-state index contributed by atoms with van der Waals surface area (Å²) in [6.07, 6.45) is 91.2. The van der Waals surface area contributed by atoms with Crippen molar-refractivity contribution in [2.75, 3.05) is 13.2 Å². The Labute approximate surface area is 489 Å². The molecule has 1 unspecified atom stereocenters. The Hall–Kier alpha value is -3.93. The van der Waals surface area contributed by atoms with E-state index in [1.165, 1.54) is 167 Å². The number of ether oxygens (including phenoxy) is 3. The molecule has 0 fully saturated rings. The third-order valence-electron chi connectivity index (χ3n) is 14.3. The van der Waals surface area contributed by atoms with Gasteiger partial charge in [0.25, 0.3) is 0 Å². The van der Waals surface area contributed by atoms with Gasteiger partial charge in [-0.2, -0.15) is 0 Å². The van der Waals surface area contributed by atoms with Crippen LogP contribution in [0.15, 0.2) is 109 Å². The van der Waals surface area contributed by atoms with Crippen LogP contribution in [0.25, 0.3) is 0 Å². The molecule has 452 valence electrons. The van der Waals surface area contributed by atoms with Crippen molar-refractivity contribution in [2.45, 2.75) is 322 Å². The van der Waals surface area contributed by atoms with Gasteiger partial charge in [-0.3, -0.25) is 14.4 Å². The third-order valence-corrected chi connectivity index (χ3v) is 14.3. The molecule has 0 aliphatic rings. The van der Waals surface area contributed by atoms with Gasteiger partial charge in [-0.25, -0.2) is 0 Å². The van der Waals surface area contributed by atoms with Gasteiger partial charge in [0.05, 0.1) is 0 Å². The highest BCUT2D eigenvalue weighted by Crippen LogP contribution is 2.17. The van der Waals surface area contributed by atoms with E-state index in [1.54, 1.807) is 0 Å². The van der Waals surface area contributed by atoms with Crippen molar-refractivity contribution in [2.24, 2.45) is 0 Å². The van der Waals surface area contributed by atoms with Crippen molar-refractivity contribution in [3.05, 3.63) is 109 Å². The van der Waals surface area contributed by atoms with Crippen LogP contribution in [-0.4, -0.2) is 37.2 Å². The fraction of sp³-hybridized carbons (Fsp3) is 0.712. The maximum Gasteiger partial charge on any atom is 0.306 e. The fourth-order valence-electron chi connectivity index (χ4n) is 9.33. The van der Waals surface area contributed by atoms with Gasteiger partial charge in [-0.1, -0.05) is 323 Å². The summed E-state index contributed by atoms with van der Waals surface area (Å²) in [5, 5.41) is 0. The zero-order chi connectivity index (χ0) is 57.1. The topological polar surface area (TPSA) is 78.9 Å². The molecule has 6 heteroatoms. The molecule has 0 aliphatic heterocycles. The van der Waals surface area contributed by atoms with E-state index >= 15 is 0 Å². The Kier molecular flexibility index (Phi) is 63.3. The van der Waals surface area contributed by atoms with Crippen LogP contribution in [-0.2, 0) is 28.6 Å². The number of allylic oxidation sites excluding steroid dienone is 18. The first-order valence-electron chi connectivity index (χ1n) is 33.4. The molecule has 79 heavy (non-hydrogen) atoms. The SMILES string of the molecule is CC/C=C\C/C=C\C/C=C\C/C=C\C/C=C\C/C=C\C/C=C\C/C=C\C/C=C\CCCC(=O)OCC(COC(=O)CCCCCCCCCCCC)OC(=O)CCCCCCCCCCCCCCCCCCCCCCCC. The van der Waals surface area contributed by atoms with E-state index in [0.29, 0.717) is 19.3 Å². The molecule has 0 aromatic rings. The third kappa shape index (κ3) is 64.8. The van der Waals surface area contributed by atoms with Gasteiger partial charge in [-0.05, 0) is 83.5 Å². The van der Waals surface area contributed by atoms with Gasteiger partial charge in [0, 0.05) is 19.3 Å². The quantitative estimate of drug-likeness (QED) is 0.0261. The van der Waals surface area contributed by atoms with E-state index in [9.17, 15) is 14.4 Å². The molecule has 0 saturated carbocycles. The second kappa shape index (κ2) is 66.6. The van der Waals surface area contributed by atoms with E-state index in [-0.39, 0.29) is 37.5 Å². The second-order valence-corrected chi connectivity index (χ2v) is 22.0. The zero-order valence-electron chi connectivity index (χ0n) is 51.9. The van der Waals surface area contributed by atoms with Crippen LogP contribution in [0.3, 0.4) is 0 Å². The minimum absolute atomic E-state index is 0.0928. The molecular formula is C73H124O6. The molecule has 0 amide bonds. The molecule has 0 saturated heterocycles. The van der Waals surface area contributed by atoms with Gasteiger partial charge >= 0.3 is 17.9 Å². The van der Waals surface area contributed by atoms with Crippen LogP contribution in [0.5, 0.6) is 0 Å². The van der Waals surface area contributed by atoms with Crippen LogP contribution in [0.1, 0.15) is 316 Å². The van der Waals surface area contributed by atoms with Crippen molar-refractivity contribution in [3.63, 3.8) is 0 Å². The molecule has 0 N–H and O–H groups in total. The standard InChI is InChI=1S/C73H124O6/c1-4-7-10-13-16-19-22-24-26-28-30-32-34-35-36-37-38-39-40-42-43-45-47-49-51-54-57-60-63-66-72(75)78-69-70(68-77-71(74)65-62-59-56-53-21-18-15-12-9-6-3)79-73(76)67-64-61-58-55-52-50-48-46-44-41-33-31-29-27-25-23-20-17-14-11-8-5-2/h7,10,16,19,24,26,30,32,35-36,38-39,42-43,47,49,54,57,70H,4-6,8-9,11-15,17-18,20-23,25,27-29,31,33-34,37,40-41,44-46,48,50-53,55-56,58-69H2,1-3H3/b10-7-,19-16-,26-24-,32-30-,36-35-,39-38-,43-42-,49-47-,57-54-. The molecule has 0 radical (unpaired) electrons. The fourth-order valence-corrected chi connectivity index (χ4v) is 9.33. The minimum Gasteiger partial charge on any atom is -0.462 e. The highest BCUT2D eigenvalue weighted by Gasteiger charge is 2.19. The Morgan fingerprint density at radius 1 is 0.266 bits per heavy atom. The molecule has 6 nitrogen and oxygen atoms in total. The number of hydrogen-bond acceptors (Lipinski definition) is 6. The predicted octanol–water partition coefficient (Wildman–Crippen LogP) is 23.0.